The van der Waals surface area contributed by atoms with Crippen molar-refractivity contribution >= 4 is 15.8 Å². The van der Waals surface area contributed by atoms with Crippen molar-refractivity contribution in [3.8, 4) is 0 Å². The van der Waals surface area contributed by atoms with Gasteiger partial charge in [0.15, 0.2) is 0 Å². The van der Waals surface area contributed by atoms with Gasteiger partial charge >= 0.3 is 74.3 Å². The van der Waals surface area contributed by atoms with Gasteiger partial charge in [-0.15, -0.1) is 0 Å². The van der Waals surface area contributed by atoms with Crippen LogP contribution in [0.4, 0.5) is 0 Å². The predicted molar refractivity (Wildman–Crippen MR) is 51.2 cm³/mol. The average molecular weight is 211 g/mol. The van der Waals surface area contributed by atoms with Gasteiger partial charge in [-0.25, -0.2) is 0 Å². The van der Waals surface area contributed by atoms with Gasteiger partial charge in [0.1, 0.15) is 0 Å². The minimum absolute atomic E-state index is 0.200. The Balaban J connectivity index is 2.28. The van der Waals surface area contributed by atoms with Gasteiger partial charge in [0.2, 0.25) is 0 Å². The SMILES string of the molecule is NCC[AsH]Cc1ccccc1. The molecular weight excluding hydrogens is 197 g/mol. The zero-order chi connectivity index (χ0) is 7.94. The number of hydrogen-bond donors (Lipinski definition) is 1. The molecule has 0 bridgehead atoms. The fourth-order valence-corrected chi connectivity index (χ4v) is 2.83. The molecule has 0 aliphatic carbocycles. The van der Waals surface area contributed by atoms with Gasteiger partial charge in [0.25, 0.3) is 0 Å². The third-order valence-corrected chi connectivity index (χ3v) is 4.22. The Labute approximate surface area is 74.7 Å². The molecule has 0 aliphatic heterocycles. The molecule has 1 unspecified atom stereocenters. The third kappa shape index (κ3) is 3.59. The van der Waals surface area contributed by atoms with Crippen molar-refractivity contribution in [3.05, 3.63) is 35.9 Å². The van der Waals surface area contributed by atoms with Crippen molar-refractivity contribution < 1.29 is 0 Å². The van der Waals surface area contributed by atoms with Crippen LogP contribution in [-0.2, 0) is 5.21 Å². The average Bonchev–Trinajstić information content (AvgIpc) is 2.07. The van der Waals surface area contributed by atoms with Crippen LogP contribution in [0, 0.1) is 0 Å². The van der Waals surface area contributed by atoms with E-state index in [1.165, 1.54) is 16.0 Å². The molecule has 0 saturated carbocycles. The Morgan fingerprint density at radius 1 is 1.18 bits per heavy atom. The Kier molecular flexibility index (Phi) is 4.33. The molecule has 0 aliphatic rings. The summed E-state index contributed by atoms with van der Waals surface area (Å²) in [4.78, 5) is 0. The first-order valence-electron chi connectivity index (χ1n) is 3.88. The summed E-state index contributed by atoms with van der Waals surface area (Å²) in [6.45, 7) is 0.868. The monoisotopic (exact) mass is 211 g/mol. The standard InChI is InChI=1S/C9H14AsN/c11-7-6-10-8-9-4-2-1-3-5-9/h1-5,10H,6-8,11H2. The maximum atomic E-state index is 5.42. The van der Waals surface area contributed by atoms with Crippen molar-refractivity contribution in [1.29, 1.82) is 0 Å². The number of benzene rings is 1. The second-order valence-corrected chi connectivity index (χ2v) is 5.29. The van der Waals surface area contributed by atoms with E-state index >= 15 is 0 Å². The first-order chi connectivity index (χ1) is 5.43. The molecule has 2 N–H and O–H groups in total. The predicted octanol–water partition coefficient (Wildman–Crippen LogP) is 1.00. The minimum atomic E-state index is 0.200. The van der Waals surface area contributed by atoms with Crippen molar-refractivity contribution in [2.45, 2.75) is 10.4 Å². The number of nitrogens with two attached hydrogens (primary N) is 1. The molecule has 11 heavy (non-hydrogen) atoms. The molecule has 0 saturated heterocycles. The summed E-state index contributed by atoms with van der Waals surface area (Å²) in [7, 11) is 0. The van der Waals surface area contributed by atoms with Gasteiger partial charge in [-0.05, 0) is 0 Å². The van der Waals surface area contributed by atoms with E-state index in [4.69, 9.17) is 5.73 Å². The van der Waals surface area contributed by atoms with E-state index in [0.29, 0.717) is 0 Å². The second-order valence-electron chi connectivity index (χ2n) is 2.45. The summed E-state index contributed by atoms with van der Waals surface area (Å²) in [6, 6.07) is 10.7. The van der Waals surface area contributed by atoms with E-state index in [1.807, 2.05) is 0 Å². The normalized spacial score (nSPS) is 11.0. The molecule has 1 aromatic carbocycles. The fraction of sp³-hybridized carbons (Fsp3) is 0.333. The molecule has 1 nitrogen and oxygen atoms in total. The van der Waals surface area contributed by atoms with Crippen LogP contribution in [0.2, 0.25) is 5.21 Å². The van der Waals surface area contributed by atoms with E-state index in [9.17, 15) is 0 Å². The van der Waals surface area contributed by atoms with Crippen molar-refractivity contribution in [1.82, 2.24) is 0 Å². The summed E-state index contributed by atoms with van der Waals surface area (Å²) >= 11 is 0.200. The molecule has 0 aromatic heterocycles. The summed E-state index contributed by atoms with van der Waals surface area (Å²) in [5, 5.41) is 2.55. The molecule has 0 radical (unpaired) electrons. The Morgan fingerprint density at radius 2 is 1.91 bits per heavy atom. The van der Waals surface area contributed by atoms with E-state index in [-0.39, 0.29) is 15.8 Å². The van der Waals surface area contributed by atoms with Crippen LogP contribution >= 0.6 is 0 Å². The van der Waals surface area contributed by atoms with E-state index < -0.39 is 0 Å². The van der Waals surface area contributed by atoms with Crippen LogP contribution in [0.15, 0.2) is 30.3 Å². The molecule has 1 rings (SSSR count). The zero-order valence-electron chi connectivity index (χ0n) is 6.59. The van der Waals surface area contributed by atoms with E-state index in [0.717, 1.165) is 6.54 Å². The van der Waals surface area contributed by atoms with Crippen molar-refractivity contribution in [3.63, 3.8) is 0 Å². The second kappa shape index (κ2) is 5.40. The Bertz CT molecular complexity index is 186. The van der Waals surface area contributed by atoms with Gasteiger partial charge in [-0.1, -0.05) is 0 Å². The number of hydrogen-bond acceptors (Lipinski definition) is 1. The van der Waals surface area contributed by atoms with Gasteiger partial charge < -0.3 is 0 Å². The van der Waals surface area contributed by atoms with Crippen LogP contribution in [0.25, 0.3) is 0 Å². The van der Waals surface area contributed by atoms with Crippen LogP contribution in [0.3, 0.4) is 0 Å². The summed E-state index contributed by atoms with van der Waals surface area (Å²) in [5.74, 6) is 0. The Morgan fingerprint density at radius 3 is 2.55 bits per heavy atom. The first-order valence-corrected chi connectivity index (χ1v) is 6.85. The molecule has 0 fully saturated rings. The fourth-order valence-electron chi connectivity index (χ4n) is 0.931. The molecule has 0 amide bonds. The third-order valence-electron chi connectivity index (χ3n) is 1.49. The van der Waals surface area contributed by atoms with Gasteiger partial charge in [-0.3, -0.25) is 0 Å². The van der Waals surface area contributed by atoms with Crippen LogP contribution < -0.4 is 5.73 Å². The van der Waals surface area contributed by atoms with Gasteiger partial charge in [0.05, 0.1) is 0 Å². The topological polar surface area (TPSA) is 26.0 Å². The number of rotatable bonds is 4. The summed E-state index contributed by atoms with van der Waals surface area (Å²) in [5.41, 5.74) is 6.90. The van der Waals surface area contributed by atoms with E-state index in [1.54, 1.807) is 0 Å². The molecule has 2 heteroatoms. The molecule has 60 valence electrons. The molecule has 1 atom stereocenters. The maximum absolute atomic E-state index is 5.42. The van der Waals surface area contributed by atoms with Gasteiger partial charge in [0, 0.05) is 0 Å². The molecule has 1 aromatic rings. The van der Waals surface area contributed by atoms with Crippen LogP contribution in [0.5, 0.6) is 0 Å². The Hall–Kier alpha value is -0.262. The summed E-state index contributed by atoms with van der Waals surface area (Å²) in [6.07, 6.45) is 0. The van der Waals surface area contributed by atoms with Crippen molar-refractivity contribution in [2.75, 3.05) is 6.54 Å². The summed E-state index contributed by atoms with van der Waals surface area (Å²) < 4.78 is 0. The molecular formula is C9H14AsN. The van der Waals surface area contributed by atoms with Crippen LogP contribution in [0.1, 0.15) is 5.56 Å². The van der Waals surface area contributed by atoms with Crippen LogP contribution in [-0.4, -0.2) is 22.3 Å². The van der Waals surface area contributed by atoms with Gasteiger partial charge in [-0.2, -0.15) is 0 Å². The zero-order valence-corrected chi connectivity index (χ0v) is 8.68. The molecule has 0 heterocycles. The molecule has 0 spiro atoms. The van der Waals surface area contributed by atoms with Crippen molar-refractivity contribution in [2.24, 2.45) is 5.73 Å². The first kappa shape index (κ1) is 8.83. The quantitative estimate of drug-likeness (QED) is 0.583. The van der Waals surface area contributed by atoms with E-state index in [2.05, 4.69) is 30.3 Å².